The maximum Gasteiger partial charge on any atom is 0.252 e. The van der Waals surface area contributed by atoms with E-state index in [0.29, 0.717) is 18.0 Å². The summed E-state index contributed by atoms with van der Waals surface area (Å²) in [5.74, 6) is -0.224. The third kappa shape index (κ3) is 4.08. The van der Waals surface area contributed by atoms with Crippen molar-refractivity contribution in [3.63, 3.8) is 0 Å². The lowest BCUT2D eigenvalue weighted by atomic mass is 9.89. The smallest absolute Gasteiger partial charge is 0.252 e. The van der Waals surface area contributed by atoms with Gasteiger partial charge in [0.25, 0.3) is 5.91 Å². The van der Waals surface area contributed by atoms with E-state index >= 15 is 0 Å². The van der Waals surface area contributed by atoms with Crippen molar-refractivity contribution in [2.24, 2.45) is 5.92 Å². The summed E-state index contributed by atoms with van der Waals surface area (Å²) in [5.41, 5.74) is 0.314. The van der Waals surface area contributed by atoms with Crippen LogP contribution in [-0.2, 0) is 0 Å². The Labute approximate surface area is 122 Å². The molecule has 1 amide bonds. The van der Waals surface area contributed by atoms with Gasteiger partial charge in [0.2, 0.25) is 0 Å². The zero-order valence-electron chi connectivity index (χ0n) is 10.5. The maximum absolute atomic E-state index is 12.9. The second kappa shape index (κ2) is 6.58. The van der Waals surface area contributed by atoms with Gasteiger partial charge in [0, 0.05) is 11.9 Å². The molecule has 1 fully saturated rings. The van der Waals surface area contributed by atoms with Crippen molar-refractivity contribution in [1.29, 1.82) is 0 Å². The Morgan fingerprint density at radius 2 is 2.00 bits per heavy atom. The van der Waals surface area contributed by atoms with Crippen molar-refractivity contribution in [3.05, 3.63) is 34.6 Å². The van der Waals surface area contributed by atoms with Crippen LogP contribution in [0.25, 0.3) is 0 Å². The quantitative estimate of drug-likeness (QED) is 0.840. The fourth-order valence-corrected chi connectivity index (χ4v) is 2.84. The molecular weight excluding hydrogens is 288 g/mol. The molecule has 2 nitrogen and oxygen atoms in total. The highest BCUT2D eigenvalue weighted by Gasteiger charge is 2.20. The number of hydrogen-bond acceptors (Lipinski definition) is 1. The molecule has 0 aliphatic heterocycles. The number of amides is 1. The van der Waals surface area contributed by atoms with Crippen LogP contribution < -0.4 is 5.32 Å². The summed E-state index contributed by atoms with van der Waals surface area (Å²) < 4.78 is 12.9. The highest BCUT2D eigenvalue weighted by Crippen LogP contribution is 2.27. The van der Waals surface area contributed by atoms with Crippen LogP contribution in [0.4, 0.5) is 4.39 Å². The maximum atomic E-state index is 12.9. The predicted molar refractivity (Wildman–Crippen MR) is 75.3 cm³/mol. The van der Waals surface area contributed by atoms with Crippen LogP contribution >= 0.6 is 23.2 Å². The molecule has 2 rings (SSSR count). The van der Waals surface area contributed by atoms with Gasteiger partial charge in [-0.15, -0.1) is 11.6 Å². The van der Waals surface area contributed by atoms with Crippen molar-refractivity contribution in [1.82, 2.24) is 5.32 Å². The summed E-state index contributed by atoms with van der Waals surface area (Å²) in [6, 6.07) is 3.79. The molecule has 0 radical (unpaired) electrons. The second-order valence-corrected chi connectivity index (χ2v) is 5.98. The molecule has 1 N–H and O–H groups in total. The molecule has 0 unspecified atom stereocenters. The van der Waals surface area contributed by atoms with Gasteiger partial charge in [0.05, 0.1) is 10.6 Å². The van der Waals surface area contributed by atoms with E-state index in [4.69, 9.17) is 23.2 Å². The molecule has 5 heteroatoms. The number of alkyl halides is 1. The van der Waals surface area contributed by atoms with E-state index in [1.165, 1.54) is 12.1 Å². The number of carbonyl (C=O) groups is 1. The number of nitrogens with one attached hydrogen (secondary N) is 1. The molecule has 104 valence electrons. The first kappa shape index (κ1) is 14.6. The van der Waals surface area contributed by atoms with Crippen LogP contribution in [0.15, 0.2) is 18.2 Å². The average Bonchev–Trinajstić information content (AvgIpc) is 2.37. The van der Waals surface area contributed by atoms with E-state index in [-0.39, 0.29) is 16.3 Å². The third-order valence-electron chi connectivity index (χ3n) is 3.50. The lowest BCUT2D eigenvalue weighted by Gasteiger charge is -2.25. The van der Waals surface area contributed by atoms with E-state index < -0.39 is 5.82 Å². The molecule has 0 spiro atoms. The molecule has 19 heavy (non-hydrogen) atoms. The molecule has 1 saturated carbocycles. The predicted octanol–water partition coefficient (Wildman–Crippen LogP) is 4.01. The van der Waals surface area contributed by atoms with Crippen LogP contribution in [0, 0.1) is 11.7 Å². The van der Waals surface area contributed by atoms with Gasteiger partial charge in [0.1, 0.15) is 5.82 Å². The minimum absolute atomic E-state index is 0.141. The number of benzene rings is 1. The summed E-state index contributed by atoms with van der Waals surface area (Å²) in [6.45, 7) is 0.621. The zero-order valence-corrected chi connectivity index (χ0v) is 12.0. The Balaban J connectivity index is 1.87. The number of rotatable bonds is 3. The van der Waals surface area contributed by atoms with Crippen LogP contribution in [-0.4, -0.2) is 17.8 Å². The summed E-state index contributed by atoms with van der Waals surface area (Å²) in [6.07, 6.45) is 4.07. The highest BCUT2D eigenvalue weighted by molar-refractivity contribution is 6.33. The fourth-order valence-electron chi connectivity index (χ4n) is 2.33. The normalized spacial score (nSPS) is 23.1. The van der Waals surface area contributed by atoms with Gasteiger partial charge in [0.15, 0.2) is 0 Å². The first-order valence-electron chi connectivity index (χ1n) is 6.43. The molecule has 1 aliphatic rings. The first-order chi connectivity index (χ1) is 9.06. The van der Waals surface area contributed by atoms with E-state index in [1.54, 1.807) is 0 Å². The van der Waals surface area contributed by atoms with Crippen LogP contribution in [0.5, 0.6) is 0 Å². The van der Waals surface area contributed by atoms with Gasteiger partial charge in [-0.25, -0.2) is 4.39 Å². The van der Waals surface area contributed by atoms with Crippen molar-refractivity contribution >= 4 is 29.1 Å². The molecule has 0 aromatic heterocycles. The van der Waals surface area contributed by atoms with E-state index in [2.05, 4.69) is 5.32 Å². The molecule has 1 aromatic carbocycles. The Hall–Kier alpha value is -0.800. The van der Waals surface area contributed by atoms with Crippen molar-refractivity contribution in [2.75, 3.05) is 6.54 Å². The summed E-state index contributed by atoms with van der Waals surface area (Å²) >= 11 is 11.9. The molecule has 0 bridgehead atoms. The summed E-state index contributed by atoms with van der Waals surface area (Å²) in [7, 11) is 0. The molecule has 1 aromatic rings. The van der Waals surface area contributed by atoms with Crippen molar-refractivity contribution in [2.45, 2.75) is 31.1 Å². The molecule has 0 atom stereocenters. The largest absolute Gasteiger partial charge is 0.352 e. The average molecular weight is 304 g/mol. The van der Waals surface area contributed by atoms with Gasteiger partial charge < -0.3 is 5.32 Å². The first-order valence-corrected chi connectivity index (χ1v) is 7.25. The van der Waals surface area contributed by atoms with Crippen molar-refractivity contribution in [3.8, 4) is 0 Å². The van der Waals surface area contributed by atoms with E-state index in [9.17, 15) is 9.18 Å². The fraction of sp³-hybridized carbons (Fsp3) is 0.500. The standard InChI is InChI=1S/C14H16Cl2FNO/c15-10-3-1-9(2-4-10)8-18-14(19)12-6-5-11(17)7-13(12)16/h5-7,9-10H,1-4,8H2,(H,18,19). The van der Waals surface area contributed by atoms with Crippen LogP contribution in [0.2, 0.25) is 5.02 Å². The summed E-state index contributed by atoms with van der Waals surface area (Å²) in [5, 5.41) is 3.27. The number of carbonyl (C=O) groups excluding carboxylic acids is 1. The van der Waals surface area contributed by atoms with Gasteiger partial charge in [-0.3, -0.25) is 4.79 Å². The minimum Gasteiger partial charge on any atom is -0.352 e. The Morgan fingerprint density at radius 3 is 2.63 bits per heavy atom. The topological polar surface area (TPSA) is 29.1 Å². The highest BCUT2D eigenvalue weighted by atomic mass is 35.5. The van der Waals surface area contributed by atoms with Gasteiger partial charge in [-0.05, 0) is 49.8 Å². The Morgan fingerprint density at radius 1 is 1.32 bits per heavy atom. The van der Waals surface area contributed by atoms with E-state index in [0.717, 1.165) is 31.7 Å². The minimum atomic E-state index is -0.443. The Bertz CT molecular complexity index is 459. The molecule has 0 heterocycles. The van der Waals surface area contributed by atoms with Gasteiger partial charge >= 0.3 is 0 Å². The Kier molecular flexibility index (Phi) is 5.06. The lowest BCUT2D eigenvalue weighted by molar-refractivity contribution is 0.0944. The molecular formula is C14H16Cl2FNO. The monoisotopic (exact) mass is 303 g/mol. The van der Waals surface area contributed by atoms with Crippen LogP contribution in [0.3, 0.4) is 0 Å². The molecule has 1 aliphatic carbocycles. The van der Waals surface area contributed by atoms with Crippen LogP contribution in [0.1, 0.15) is 36.0 Å². The number of halogens is 3. The lowest BCUT2D eigenvalue weighted by Crippen LogP contribution is -2.31. The zero-order chi connectivity index (χ0) is 13.8. The third-order valence-corrected chi connectivity index (χ3v) is 4.25. The van der Waals surface area contributed by atoms with Gasteiger partial charge in [-0.2, -0.15) is 0 Å². The molecule has 0 saturated heterocycles. The van der Waals surface area contributed by atoms with Gasteiger partial charge in [-0.1, -0.05) is 11.6 Å². The van der Waals surface area contributed by atoms with E-state index in [1.807, 2.05) is 0 Å². The van der Waals surface area contributed by atoms with Crippen molar-refractivity contribution < 1.29 is 9.18 Å². The second-order valence-electron chi connectivity index (χ2n) is 4.95. The number of hydrogen-bond donors (Lipinski definition) is 1. The summed E-state index contributed by atoms with van der Waals surface area (Å²) in [4.78, 5) is 11.9. The SMILES string of the molecule is O=C(NCC1CCC(Cl)CC1)c1ccc(F)cc1Cl.